The predicted octanol–water partition coefficient (Wildman–Crippen LogP) is 2.18. The minimum Gasteiger partial charge on any atom is -0.496 e. The van der Waals surface area contributed by atoms with Crippen molar-refractivity contribution in [2.75, 3.05) is 25.9 Å². The lowest BCUT2D eigenvalue weighted by Crippen LogP contribution is -2.48. The molecule has 1 aliphatic rings. The molecular formula is C14H19ClN2O3. The molecule has 0 aliphatic carbocycles. The van der Waals surface area contributed by atoms with E-state index in [4.69, 9.17) is 26.8 Å². The molecule has 2 N–H and O–H groups in total. The van der Waals surface area contributed by atoms with Crippen molar-refractivity contribution >= 4 is 23.2 Å². The zero-order valence-corrected chi connectivity index (χ0v) is 12.6. The molecule has 0 spiro atoms. The highest BCUT2D eigenvalue weighted by molar-refractivity contribution is 6.33. The zero-order valence-electron chi connectivity index (χ0n) is 11.9. The molecule has 0 saturated carbocycles. The molecule has 2 rings (SSSR count). The number of halogens is 1. The number of rotatable bonds is 2. The highest BCUT2D eigenvalue weighted by Gasteiger charge is 2.28. The van der Waals surface area contributed by atoms with E-state index in [1.54, 1.807) is 17.0 Å². The van der Waals surface area contributed by atoms with Crippen molar-refractivity contribution in [2.45, 2.75) is 26.1 Å². The smallest absolute Gasteiger partial charge is 0.257 e. The predicted molar refractivity (Wildman–Crippen MR) is 78.3 cm³/mol. The quantitative estimate of drug-likeness (QED) is 0.850. The standard InChI is InChI=1S/C14H19ClN2O3/c1-8-6-17(7-9(2)20-8)14(18)10-4-11(15)12(16)5-13(10)19-3/h4-5,8-9H,6-7,16H2,1-3H3/t8-,9+. The van der Waals surface area contributed by atoms with Gasteiger partial charge >= 0.3 is 0 Å². The van der Waals surface area contributed by atoms with Crippen molar-refractivity contribution in [3.63, 3.8) is 0 Å². The van der Waals surface area contributed by atoms with Gasteiger partial charge in [0, 0.05) is 19.2 Å². The van der Waals surface area contributed by atoms with Gasteiger partial charge in [-0.05, 0) is 19.9 Å². The van der Waals surface area contributed by atoms with E-state index in [1.165, 1.54) is 7.11 Å². The monoisotopic (exact) mass is 298 g/mol. The Bertz CT molecular complexity index is 511. The largest absolute Gasteiger partial charge is 0.496 e. The van der Waals surface area contributed by atoms with E-state index in [1.807, 2.05) is 13.8 Å². The second-order valence-corrected chi connectivity index (χ2v) is 5.45. The summed E-state index contributed by atoms with van der Waals surface area (Å²) >= 11 is 6.01. The topological polar surface area (TPSA) is 64.8 Å². The average molecular weight is 299 g/mol. The Hall–Kier alpha value is -1.46. The number of ether oxygens (including phenoxy) is 2. The van der Waals surface area contributed by atoms with Crippen LogP contribution in [-0.2, 0) is 4.74 Å². The first kappa shape index (κ1) is 14.9. The maximum absolute atomic E-state index is 12.6. The number of carbonyl (C=O) groups excluding carboxylic acids is 1. The molecule has 1 fully saturated rings. The molecule has 2 atom stereocenters. The van der Waals surface area contributed by atoms with Crippen LogP contribution in [0.1, 0.15) is 24.2 Å². The molecule has 0 radical (unpaired) electrons. The number of morpholine rings is 1. The van der Waals surface area contributed by atoms with Crippen LogP contribution < -0.4 is 10.5 Å². The third kappa shape index (κ3) is 2.99. The lowest BCUT2D eigenvalue weighted by molar-refractivity contribution is -0.0586. The van der Waals surface area contributed by atoms with Gasteiger partial charge in [0.1, 0.15) is 5.75 Å². The van der Waals surface area contributed by atoms with E-state index >= 15 is 0 Å². The minimum absolute atomic E-state index is 0.0120. The molecule has 20 heavy (non-hydrogen) atoms. The van der Waals surface area contributed by atoms with Crippen LogP contribution in [0.5, 0.6) is 5.75 Å². The summed E-state index contributed by atoms with van der Waals surface area (Å²) in [6, 6.07) is 3.13. The number of hydrogen-bond acceptors (Lipinski definition) is 4. The Morgan fingerprint density at radius 3 is 2.55 bits per heavy atom. The summed E-state index contributed by atoms with van der Waals surface area (Å²) < 4.78 is 10.9. The summed E-state index contributed by atoms with van der Waals surface area (Å²) in [4.78, 5) is 14.4. The summed E-state index contributed by atoms with van der Waals surface area (Å²) in [5.41, 5.74) is 6.55. The van der Waals surface area contributed by atoms with Crippen molar-refractivity contribution in [1.82, 2.24) is 4.90 Å². The van der Waals surface area contributed by atoms with Crippen LogP contribution in [0.3, 0.4) is 0 Å². The number of carbonyl (C=O) groups is 1. The number of hydrogen-bond donors (Lipinski definition) is 1. The SMILES string of the molecule is COc1cc(N)c(Cl)cc1C(=O)N1C[C@@H](C)O[C@@H](C)C1. The van der Waals surface area contributed by atoms with Gasteiger partial charge in [-0.15, -0.1) is 0 Å². The molecule has 0 unspecified atom stereocenters. The lowest BCUT2D eigenvalue weighted by atomic mass is 10.1. The van der Waals surface area contributed by atoms with Crippen molar-refractivity contribution in [2.24, 2.45) is 0 Å². The number of amides is 1. The van der Waals surface area contributed by atoms with Gasteiger partial charge in [-0.25, -0.2) is 0 Å². The van der Waals surface area contributed by atoms with Gasteiger partial charge in [-0.2, -0.15) is 0 Å². The fraction of sp³-hybridized carbons (Fsp3) is 0.500. The van der Waals surface area contributed by atoms with Crippen LogP contribution in [0.4, 0.5) is 5.69 Å². The van der Waals surface area contributed by atoms with E-state index in [0.717, 1.165) is 0 Å². The van der Waals surface area contributed by atoms with E-state index in [-0.39, 0.29) is 18.1 Å². The molecule has 1 amide bonds. The van der Waals surface area contributed by atoms with E-state index in [2.05, 4.69) is 0 Å². The van der Waals surface area contributed by atoms with Gasteiger partial charge in [-0.1, -0.05) is 11.6 Å². The summed E-state index contributed by atoms with van der Waals surface area (Å²) in [6.45, 7) is 4.99. The molecule has 110 valence electrons. The lowest BCUT2D eigenvalue weighted by Gasteiger charge is -2.35. The first-order valence-electron chi connectivity index (χ1n) is 6.50. The van der Waals surface area contributed by atoms with E-state index in [0.29, 0.717) is 35.1 Å². The second-order valence-electron chi connectivity index (χ2n) is 5.04. The minimum atomic E-state index is -0.120. The zero-order chi connectivity index (χ0) is 14.9. The molecule has 0 bridgehead atoms. The number of nitrogens with two attached hydrogens (primary N) is 1. The normalized spacial score (nSPS) is 22.7. The first-order chi connectivity index (χ1) is 9.42. The number of anilines is 1. The Morgan fingerprint density at radius 2 is 2.00 bits per heavy atom. The van der Waals surface area contributed by atoms with Crippen LogP contribution in [0, 0.1) is 0 Å². The van der Waals surface area contributed by atoms with Crippen molar-refractivity contribution in [3.05, 3.63) is 22.7 Å². The van der Waals surface area contributed by atoms with Crippen LogP contribution >= 0.6 is 11.6 Å². The van der Waals surface area contributed by atoms with Crippen LogP contribution in [0.2, 0.25) is 5.02 Å². The fourth-order valence-electron chi connectivity index (χ4n) is 2.42. The molecule has 1 aromatic carbocycles. The number of benzene rings is 1. The third-order valence-corrected chi connectivity index (χ3v) is 3.58. The van der Waals surface area contributed by atoms with Gasteiger partial charge in [0.15, 0.2) is 0 Å². The van der Waals surface area contributed by atoms with Crippen molar-refractivity contribution in [3.8, 4) is 5.75 Å². The average Bonchev–Trinajstić information content (AvgIpc) is 2.39. The Balaban J connectivity index is 2.31. The highest BCUT2D eigenvalue weighted by Crippen LogP contribution is 2.30. The fourth-order valence-corrected chi connectivity index (χ4v) is 2.58. The molecule has 1 aromatic rings. The molecule has 0 aromatic heterocycles. The summed E-state index contributed by atoms with van der Waals surface area (Å²) in [6.07, 6.45) is 0.0240. The summed E-state index contributed by atoms with van der Waals surface area (Å²) in [5, 5.41) is 0.350. The Kier molecular flexibility index (Phi) is 4.40. The molecule has 1 aliphatic heterocycles. The van der Waals surface area contributed by atoms with Gasteiger partial charge in [0.05, 0.1) is 35.6 Å². The maximum Gasteiger partial charge on any atom is 0.257 e. The van der Waals surface area contributed by atoms with E-state index in [9.17, 15) is 4.79 Å². The maximum atomic E-state index is 12.6. The molecule has 6 heteroatoms. The second kappa shape index (κ2) is 5.89. The van der Waals surface area contributed by atoms with Gasteiger partial charge < -0.3 is 20.1 Å². The van der Waals surface area contributed by atoms with Crippen LogP contribution in [0.15, 0.2) is 12.1 Å². The van der Waals surface area contributed by atoms with Crippen molar-refractivity contribution in [1.29, 1.82) is 0 Å². The van der Waals surface area contributed by atoms with Crippen molar-refractivity contribution < 1.29 is 14.3 Å². The third-order valence-electron chi connectivity index (χ3n) is 3.26. The molecule has 1 saturated heterocycles. The van der Waals surface area contributed by atoms with Gasteiger partial charge in [0.25, 0.3) is 5.91 Å². The molecule has 5 nitrogen and oxygen atoms in total. The number of nitrogens with zero attached hydrogens (tertiary/aromatic N) is 1. The molecule has 1 heterocycles. The number of methoxy groups -OCH3 is 1. The highest BCUT2D eigenvalue weighted by atomic mass is 35.5. The number of nitrogen functional groups attached to an aromatic ring is 1. The summed E-state index contributed by atoms with van der Waals surface area (Å²) in [7, 11) is 1.50. The first-order valence-corrected chi connectivity index (χ1v) is 6.88. The Morgan fingerprint density at radius 1 is 1.40 bits per heavy atom. The van der Waals surface area contributed by atoms with E-state index < -0.39 is 0 Å². The van der Waals surface area contributed by atoms with Gasteiger partial charge in [0.2, 0.25) is 0 Å². The van der Waals surface area contributed by atoms with Crippen LogP contribution in [0.25, 0.3) is 0 Å². The summed E-state index contributed by atoms with van der Waals surface area (Å²) in [5.74, 6) is 0.314. The molecular weight excluding hydrogens is 280 g/mol. The van der Waals surface area contributed by atoms with Gasteiger partial charge in [-0.3, -0.25) is 4.79 Å². The Labute approximate surface area is 123 Å². The van der Waals surface area contributed by atoms with Crippen LogP contribution in [-0.4, -0.2) is 43.2 Å².